The molecule has 0 spiro atoms. The molecule has 0 fully saturated rings. The Hall–Kier alpha value is -4.95. The molecule has 256 valence electrons. The van der Waals surface area contributed by atoms with Gasteiger partial charge >= 0.3 is 5.97 Å². The van der Waals surface area contributed by atoms with Crippen molar-refractivity contribution in [3.63, 3.8) is 0 Å². The predicted octanol–water partition coefficient (Wildman–Crippen LogP) is 5.85. The number of nitro groups is 1. The van der Waals surface area contributed by atoms with Gasteiger partial charge in [0.25, 0.3) is 11.2 Å². The quantitative estimate of drug-likeness (QED) is 0.0990. The van der Waals surface area contributed by atoms with Crippen molar-refractivity contribution in [1.82, 2.24) is 4.57 Å². The number of hydrogen-bond acceptors (Lipinski definition) is 11. The molecule has 1 aromatic heterocycles. The zero-order valence-corrected chi connectivity index (χ0v) is 30.0. The molecule has 0 unspecified atom stereocenters. The number of carbonyl (C=O) groups is 1. The maximum Gasteiger partial charge on any atom is 0.338 e. The third-order valence-electron chi connectivity index (χ3n) is 7.47. The summed E-state index contributed by atoms with van der Waals surface area (Å²) in [6.07, 6.45) is 1.58. The van der Waals surface area contributed by atoms with Crippen molar-refractivity contribution >= 4 is 45.0 Å². The molecule has 0 N–H and O–H groups in total. The molecule has 1 aliphatic rings. The van der Waals surface area contributed by atoms with Gasteiger partial charge in [0, 0.05) is 22.2 Å². The first-order valence-corrected chi connectivity index (χ1v) is 16.8. The minimum absolute atomic E-state index is 0.0287. The first-order chi connectivity index (χ1) is 23.4. The van der Waals surface area contributed by atoms with E-state index in [-0.39, 0.29) is 36.1 Å². The van der Waals surface area contributed by atoms with E-state index in [2.05, 4.69) is 20.9 Å². The van der Waals surface area contributed by atoms with Crippen molar-refractivity contribution in [1.29, 1.82) is 0 Å². The molecular formula is C35H34BrN3O9S. The second kappa shape index (κ2) is 15.1. The molecule has 3 aromatic carbocycles. The number of methoxy groups -OCH3 is 2. The summed E-state index contributed by atoms with van der Waals surface area (Å²) >= 11 is 4.68. The second-order valence-electron chi connectivity index (χ2n) is 11.1. The molecule has 0 bridgehead atoms. The number of hydrogen-bond donors (Lipinski definition) is 0. The Morgan fingerprint density at radius 3 is 2.43 bits per heavy atom. The van der Waals surface area contributed by atoms with Gasteiger partial charge < -0.3 is 23.7 Å². The first kappa shape index (κ1) is 35.4. The van der Waals surface area contributed by atoms with Crippen LogP contribution in [0.25, 0.3) is 6.08 Å². The largest absolute Gasteiger partial charge is 0.493 e. The number of nitro benzene ring substituents is 1. The number of allylic oxidation sites excluding steroid dienone is 1. The van der Waals surface area contributed by atoms with Crippen molar-refractivity contribution in [2.24, 2.45) is 4.99 Å². The van der Waals surface area contributed by atoms with Crippen LogP contribution >= 0.6 is 27.3 Å². The van der Waals surface area contributed by atoms with E-state index < -0.39 is 16.9 Å². The fourth-order valence-corrected chi connectivity index (χ4v) is 6.82. The molecule has 2 heterocycles. The number of nitrogens with zero attached hydrogens (tertiary/aromatic N) is 3. The van der Waals surface area contributed by atoms with E-state index in [4.69, 9.17) is 23.7 Å². The van der Waals surface area contributed by atoms with Crippen molar-refractivity contribution in [2.45, 2.75) is 46.4 Å². The van der Waals surface area contributed by atoms with E-state index in [0.717, 1.165) is 11.3 Å². The van der Waals surface area contributed by atoms with Crippen molar-refractivity contribution < 1.29 is 33.4 Å². The van der Waals surface area contributed by atoms with E-state index in [9.17, 15) is 19.7 Å². The average Bonchev–Trinajstić information content (AvgIpc) is 3.37. The number of benzene rings is 3. The fourth-order valence-electron chi connectivity index (χ4n) is 5.33. The fraction of sp³-hybridized carbons (Fsp3) is 0.286. The molecule has 49 heavy (non-hydrogen) atoms. The van der Waals surface area contributed by atoms with Crippen LogP contribution in [0.15, 0.2) is 80.1 Å². The maximum absolute atomic E-state index is 14.3. The van der Waals surface area contributed by atoms with Crippen LogP contribution in [-0.2, 0) is 16.1 Å². The van der Waals surface area contributed by atoms with Crippen LogP contribution in [0.1, 0.15) is 50.4 Å². The van der Waals surface area contributed by atoms with Crippen LogP contribution in [-0.4, -0.2) is 42.4 Å². The van der Waals surface area contributed by atoms with E-state index in [1.807, 2.05) is 13.8 Å². The van der Waals surface area contributed by atoms with E-state index in [1.165, 1.54) is 30.9 Å². The Balaban J connectivity index is 1.65. The van der Waals surface area contributed by atoms with Crippen LogP contribution in [0.3, 0.4) is 0 Å². The van der Waals surface area contributed by atoms with Crippen LogP contribution in [0, 0.1) is 10.1 Å². The number of carbonyl (C=O) groups excluding carboxylic acids is 1. The standard InChI is InChI=1S/C35H34BrN3O9S/c1-7-46-34(41)30-20(4)37-35-38(31(30)22-10-13-26(48-19(2)3)27(15-22)44-5)33(40)29(49-35)16-23-14-24(36)17-28(45-6)32(23)47-18-21-8-11-25(12-9-21)39(42)43/h8-17,19,31H,7,18H2,1-6H3/b29-16+/t31-/m1/s1. The van der Waals surface area contributed by atoms with Gasteiger partial charge in [-0.15, -0.1) is 0 Å². The Kier molecular flexibility index (Phi) is 10.9. The monoisotopic (exact) mass is 751 g/mol. The van der Waals surface area contributed by atoms with Gasteiger partial charge in [-0.3, -0.25) is 19.5 Å². The number of halogens is 1. The summed E-state index contributed by atoms with van der Waals surface area (Å²) in [5.41, 5.74) is 2.08. The van der Waals surface area contributed by atoms with Gasteiger partial charge in [-0.25, -0.2) is 9.79 Å². The Morgan fingerprint density at radius 1 is 1.08 bits per heavy atom. The minimum atomic E-state index is -0.866. The van der Waals surface area contributed by atoms with Crippen LogP contribution in [0.5, 0.6) is 23.0 Å². The lowest BCUT2D eigenvalue weighted by molar-refractivity contribution is -0.384. The summed E-state index contributed by atoms with van der Waals surface area (Å²) in [5, 5.41) is 11.1. The van der Waals surface area contributed by atoms with Gasteiger partial charge in [-0.2, -0.15) is 0 Å². The lowest BCUT2D eigenvalue weighted by Gasteiger charge is -2.25. The SMILES string of the molecule is CCOC(=O)C1=C(C)N=c2s/c(=C/c3cc(Br)cc(OC)c3OCc3ccc([N+](=O)[O-])cc3)c(=O)n2[C@@H]1c1ccc(OC(C)C)c(OC)c1. The molecule has 5 rings (SSSR count). The highest BCUT2D eigenvalue weighted by molar-refractivity contribution is 9.10. The van der Waals surface area contributed by atoms with Crippen molar-refractivity contribution in [3.8, 4) is 23.0 Å². The number of thiazole rings is 1. The van der Waals surface area contributed by atoms with Gasteiger partial charge in [-0.1, -0.05) is 33.3 Å². The van der Waals surface area contributed by atoms with E-state index in [1.54, 1.807) is 62.4 Å². The van der Waals surface area contributed by atoms with Crippen molar-refractivity contribution in [3.05, 3.63) is 117 Å². The summed E-state index contributed by atoms with van der Waals surface area (Å²) < 4.78 is 31.3. The molecule has 4 aromatic rings. The summed E-state index contributed by atoms with van der Waals surface area (Å²) in [6, 6.07) is 14.0. The second-order valence-corrected chi connectivity index (χ2v) is 13.0. The molecule has 1 aliphatic heterocycles. The molecule has 12 nitrogen and oxygen atoms in total. The third kappa shape index (κ3) is 7.55. The van der Waals surface area contributed by atoms with Gasteiger partial charge in [0.1, 0.15) is 6.61 Å². The van der Waals surface area contributed by atoms with Crippen LogP contribution in [0.2, 0.25) is 0 Å². The topological polar surface area (TPSA) is 141 Å². The van der Waals surface area contributed by atoms with Gasteiger partial charge in [-0.05, 0) is 81.3 Å². The lowest BCUT2D eigenvalue weighted by atomic mass is 9.95. The number of aromatic nitrogens is 1. The van der Waals surface area contributed by atoms with Crippen molar-refractivity contribution in [2.75, 3.05) is 20.8 Å². The number of rotatable bonds is 12. The maximum atomic E-state index is 14.3. The smallest absolute Gasteiger partial charge is 0.338 e. The van der Waals surface area contributed by atoms with Crippen LogP contribution in [0.4, 0.5) is 5.69 Å². The zero-order chi connectivity index (χ0) is 35.4. The number of non-ortho nitro benzene ring substituents is 1. The number of esters is 1. The molecular weight excluding hydrogens is 718 g/mol. The Labute approximate surface area is 294 Å². The molecule has 0 amide bonds. The summed E-state index contributed by atoms with van der Waals surface area (Å²) in [7, 11) is 3.03. The summed E-state index contributed by atoms with van der Waals surface area (Å²) in [5.74, 6) is 1.16. The summed E-state index contributed by atoms with van der Waals surface area (Å²) in [4.78, 5) is 43.4. The van der Waals surface area contributed by atoms with Gasteiger partial charge in [0.05, 0.1) is 53.7 Å². The normalized spacial score (nSPS) is 14.3. The molecule has 0 saturated carbocycles. The summed E-state index contributed by atoms with van der Waals surface area (Å²) in [6.45, 7) is 7.47. The average molecular weight is 753 g/mol. The van der Waals surface area contributed by atoms with Crippen LogP contribution < -0.4 is 33.8 Å². The molecule has 0 aliphatic carbocycles. The molecule has 0 saturated heterocycles. The van der Waals surface area contributed by atoms with Gasteiger partial charge in [0.15, 0.2) is 27.8 Å². The molecule has 1 atom stereocenters. The third-order valence-corrected chi connectivity index (χ3v) is 8.91. The molecule has 14 heteroatoms. The van der Waals surface area contributed by atoms with E-state index in [0.29, 0.717) is 59.2 Å². The van der Waals surface area contributed by atoms with Gasteiger partial charge in [0.2, 0.25) is 0 Å². The first-order valence-electron chi connectivity index (χ1n) is 15.2. The number of ether oxygens (including phenoxy) is 5. The Morgan fingerprint density at radius 2 is 1.80 bits per heavy atom. The predicted molar refractivity (Wildman–Crippen MR) is 187 cm³/mol. The zero-order valence-electron chi connectivity index (χ0n) is 27.6. The Bertz CT molecular complexity index is 2120. The minimum Gasteiger partial charge on any atom is -0.493 e. The number of fused-ring (bicyclic) bond motifs is 1. The highest BCUT2D eigenvalue weighted by atomic mass is 79.9. The molecule has 0 radical (unpaired) electrons. The lowest BCUT2D eigenvalue weighted by Crippen LogP contribution is -2.40. The highest BCUT2D eigenvalue weighted by Crippen LogP contribution is 2.38. The van der Waals surface area contributed by atoms with E-state index >= 15 is 0 Å². The highest BCUT2D eigenvalue weighted by Gasteiger charge is 2.34.